The van der Waals surface area contributed by atoms with E-state index in [1.165, 1.54) is 0 Å². The number of benzene rings is 2. The topological polar surface area (TPSA) is 63.5 Å². The number of thiazole rings is 1. The van der Waals surface area contributed by atoms with Crippen molar-refractivity contribution in [1.29, 1.82) is 0 Å². The third-order valence-corrected chi connectivity index (χ3v) is 7.28. The van der Waals surface area contributed by atoms with Gasteiger partial charge in [0.15, 0.2) is 10.8 Å². The van der Waals surface area contributed by atoms with Crippen LogP contribution < -0.4 is 9.64 Å². The van der Waals surface area contributed by atoms with E-state index in [0.29, 0.717) is 6.42 Å². The fourth-order valence-corrected chi connectivity index (χ4v) is 5.19. The number of aryl methyl sites for hydroxylation is 2. The molecule has 8 heteroatoms. The summed E-state index contributed by atoms with van der Waals surface area (Å²) in [6.07, 6.45) is 1.27. The summed E-state index contributed by atoms with van der Waals surface area (Å²) in [6, 6.07) is 18.0. The minimum absolute atomic E-state index is 0.213. The summed E-state index contributed by atoms with van der Waals surface area (Å²) in [4.78, 5) is 21.9. The Hall–Kier alpha value is -3.39. The van der Waals surface area contributed by atoms with Crippen molar-refractivity contribution >= 4 is 32.7 Å². The van der Waals surface area contributed by atoms with Gasteiger partial charge in [-0.15, -0.1) is 0 Å². The monoisotopic (exact) mass is 461 g/mol. The first-order chi connectivity index (χ1) is 16.1. The van der Waals surface area contributed by atoms with Gasteiger partial charge in [-0.05, 0) is 43.2 Å². The number of hydrogen-bond acceptors (Lipinski definition) is 6. The van der Waals surface area contributed by atoms with E-state index >= 15 is 0 Å². The van der Waals surface area contributed by atoms with Crippen LogP contribution in [-0.2, 0) is 11.2 Å². The Kier molecular flexibility index (Phi) is 6.00. The average Bonchev–Trinajstić information content (AvgIpc) is 3.44. The predicted octanol–water partition coefficient (Wildman–Crippen LogP) is 4.08. The molecule has 0 aliphatic carbocycles. The maximum Gasteiger partial charge on any atom is 0.223 e. The lowest BCUT2D eigenvalue weighted by atomic mass is 10.1. The zero-order chi connectivity index (χ0) is 22.8. The smallest absolute Gasteiger partial charge is 0.223 e. The fourth-order valence-electron chi connectivity index (χ4n) is 4.16. The summed E-state index contributed by atoms with van der Waals surface area (Å²) in [5, 5.41) is 5.68. The van der Waals surface area contributed by atoms with Crippen molar-refractivity contribution in [3.8, 4) is 11.4 Å². The molecule has 1 fully saturated rings. The first kappa shape index (κ1) is 21.5. The average molecular weight is 462 g/mol. The third-order valence-electron chi connectivity index (χ3n) is 6.07. The molecule has 0 atom stereocenters. The first-order valence-electron chi connectivity index (χ1n) is 11.2. The summed E-state index contributed by atoms with van der Waals surface area (Å²) in [5.74, 6) is 1.05. The number of carbonyl (C=O) groups is 1. The van der Waals surface area contributed by atoms with Crippen molar-refractivity contribution in [1.82, 2.24) is 19.7 Å². The number of amides is 1. The van der Waals surface area contributed by atoms with Gasteiger partial charge in [-0.3, -0.25) is 4.79 Å². The van der Waals surface area contributed by atoms with E-state index in [4.69, 9.17) is 9.72 Å². The van der Waals surface area contributed by atoms with E-state index in [-0.39, 0.29) is 5.91 Å². The maximum absolute atomic E-state index is 12.7. The van der Waals surface area contributed by atoms with Gasteiger partial charge in [0, 0.05) is 32.6 Å². The Morgan fingerprint density at radius 1 is 1.03 bits per heavy atom. The third kappa shape index (κ3) is 4.43. The van der Waals surface area contributed by atoms with Crippen molar-refractivity contribution in [3.63, 3.8) is 0 Å². The molecule has 1 saturated heterocycles. The number of piperazine rings is 1. The molecule has 0 radical (unpaired) electrons. The normalized spacial score (nSPS) is 14.1. The van der Waals surface area contributed by atoms with E-state index in [1.807, 2.05) is 71.1 Å². The number of anilines is 1. The van der Waals surface area contributed by atoms with E-state index in [9.17, 15) is 4.79 Å². The van der Waals surface area contributed by atoms with Crippen LogP contribution in [0.5, 0.6) is 5.75 Å². The highest BCUT2D eigenvalue weighted by molar-refractivity contribution is 7.22. The minimum atomic E-state index is 0.213. The first-order valence-corrected chi connectivity index (χ1v) is 12.0. The largest absolute Gasteiger partial charge is 0.497 e. The number of para-hydroxylation sites is 1. The molecule has 5 rings (SSSR count). The summed E-state index contributed by atoms with van der Waals surface area (Å²) in [6.45, 7) is 5.07. The lowest BCUT2D eigenvalue weighted by Gasteiger charge is -2.34. The Morgan fingerprint density at radius 3 is 2.45 bits per heavy atom. The molecule has 0 saturated carbocycles. The van der Waals surface area contributed by atoms with Crippen molar-refractivity contribution in [3.05, 3.63) is 65.9 Å². The predicted molar refractivity (Wildman–Crippen MR) is 132 cm³/mol. The molecule has 1 amide bonds. The SMILES string of the molecule is COc1ccc(CCC(=O)N2CCN(c3nc4c(s3)c(C)nn4-c3ccccc3)CC2)cc1. The van der Waals surface area contributed by atoms with Gasteiger partial charge in [-0.25, -0.2) is 4.68 Å². The lowest BCUT2D eigenvalue weighted by molar-refractivity contribution is -0.131. The lowest BCUT2D eigenvalue weighted by Crippen LogP contribution is -2.48. The second-order valence-corrected chi connectivity index (χ2v) is 9.18. The standard InChI is InChI=1S/C25H27N5O2S/c1-18-23-24(30(27-18)20-6-4-3-5-7-20)26-25(33-23)29-16-14-28(15-17-29)22(31)13-10-19-8-11-21(32-2)12-9-19/h3-9,11-12H,10,13-17H2,1-2H3. The summed E-state index contributed by atoms with van der Waals surface area (Å²) in [5.41, 5.74) is 4.06. The molecule has 0 N–H and O–H groups in total. The molecule has 170 valence electrons. The van der Waals surface area contributed by atoms with Crippen LogP contribution in [0.25, 0.3) is 16.0 Å². The Morgan fingerprint density at radius 2 is 1.76 bits per heavy atom. The van der Waals surface area contributed by atoms with Crippen LogP contribution in [0, 0.1) is 6.92 Å². The molecule has 2 aromatic heterocycles. The fraction of sp³-hybridized carbons (Fsp3) is 0.320. The van der Waals surface area contributed by atoms with Crippen LogP contribution in [0.4, 0.5) is 5.13 Å². The van der Waals surface area contributed by atoms with Gasteiger partial charge in [-0.2, -0.15) is 10.1 Å². The molecular formula is C25H27N5O2S. The van der Waals surface area contributed by atoms with Gasteiger partial charge in [-0.1, -0.05) is 41.7 Å². The number of methoxy groups -OCH3 is 1. The summed E-state index contributed by atoms with van der Waals surface area (Å²) >= 11 is 1.68. The summed E-state index contributed by atoms with van der Waals surface area (Å²) in [7, 11) is 1.66. The van der Waals surface area contributed by atoms with E-state index in [1.54, 1.807) is 18.4 Å². The summed E-state index contributed by atoms with van der Waals surface area (Å²) < 4.78 is 8.23. The number of rotatable bonds is 6. The second kappa shape index (κ2) is 9.23. The van der Waals surface area contributed by atoms with Gasteiger partial charge in [0.2, 0.25) is 5.91 Å². The Bertz CT molecular complexity index is 1240. The highest BCUT2D eigenvalue weighted by Crippen LogP contribution is 2.33. The molecule has 33 heavy (non-hydrogen) atoms. The van der Waals surface area contributed by atoms with E-state index < -0.39 is 0 Å². The van der Waals surface area contributed by atoms with Crippen LogP contribution in [-0.4, -0.2) is 58.9 Å². The van der Waals surface area contributed by atoms with Gasteiger partial charge in [0.05, 0.1) is 23.2 Å². The number of ether oxygens (including phenoxy) is 1. The van der Waals surface area contributed by atoms with Gasteiger partial charge in [0.1, 0.15) is 5.75 Å². The molecule has 0 bridgehead atoms. The van der Waals surface area contributed by atoms with Crippen molar-refractivity contribution in [2.45, 2.75) is 19.8 Å². The molecule has 0 spiro atoms. The van der Waals surface area contributed by atoms with Crippen molar-refractivity contribution in [2.75, 3.05) is 38.2 Å². The number of fused-ring (bicyclic) bond motifs is 1. The molecule has 1 aliphatic heterocycles. The van der Waals surface area contributed by atoms with Crippen LogP contribution >= 0.6 is 11.3 Å². The molecule has 2 aromatic carbocycles. The molecule has 7 nitrogen and oxygen atoms in total. The van der Waals surface area contributed by atoms with Gasteiger partial charge >= 0.3 is 0 Å². The Balaban J connectivity index is 1.21. The minimum Gasteiger partial charge on any atom is -0.497 e. The number of carbonyl (C=O) groups excluding carboxylic acids is 1. The van der Waals surface area contributed by atoms with E-state index in [0.717, 1.165) is 70.8 Å². The van der Waals surface area contributed by atoms with Crippen LogP contribution in [0.15, 0.2) is 54.6 Å². The molecular weight excluding hydrogens is 434 g/mol. The van der Waals surface area contributed by atoms with Gasteiger partial charge in [0.25, 0.3) is 0 Å². The quantitative estimate of drug-likeness (QED) is 0.433. The zero-order valence-electron chi connectivity index (χ0n) is 18.9. The highest BCUT2D eigenvalue weighted by atomic mass is 32.1. The highest BCUT2D eigenvalue weighted by Gasteiger charge is 2.24. The molecule has 3 heterocycles. The maximum atomic E-state index is 12.7. The van der Waals surface area contributed by atoms with Crippen LogP contribution in [0.3, 0.4) is 0 Å². The van der Waals surface area contributed by atoms with Crippen molar-refractivity contribution < 1.29 is 9.53 Å². The molecule has 4 aromatic rings. The number of aromatic nitrogens is 3. The van der Waals surface area contributed by atoms with E-state index in [2.05, 4.69) is 10.00 Å². The number of hydrogen-bond donors (Lipinski definition) is 0. The van der Waals surface area contributed by atoms with Crippen LogP contribution in [0.1, 0.15) is 17.7 Å². The Labute approximate surface area is 197 Å². The second-order valence-electron chi connectivity index (χ2n) is 8.20. The number of nitrogens with zero attached hydrogens (tertiary/aromatic N) is 5. The molecule has 0 unspecified atom stereocenters. The zero-order valence-corrected chi connectivity index (χ0v) is 19.7. The van der Waals surface area contributed by atoms with Crippen LogP contribution in [0.2, 0.25) is 0 Å². The van der Waals surface area contributed by atoms with Gasteiger partial charge < -0.3 is 14.5 Å². The van der Waals surface area contributed by atoms with Crippen molar-refractivity contribution in [2.24, 2.45) is 0 Å². The molecule has 1 aliphatic rings.